The maximum Gasteiger partial charge on any atom is 0.191 e. The molecule has 0 spiro atoms. The molecule has 0 amide bonds. The minimum Gasteiger partial charge on any atom is -0.378 e. The Labute approximate surface area is 172 Å². The van der Waals surface area contributed by atoms with Gasteiger partial charge in [-0.25, -0.2) is 4.98 Å². The van der Waals surface area contributed by atoms with E-state index in [0.29, 0.717) is 12.5 Å². The number of aliphatic imine (C=N–C) groups is 1. The smallest absolute Gasteiger partial charge is 0.191 e. The molecule has 0 unspecified atom stereocenters. The van der Waals surface area contributed by atoms with Crippen LogP contribution in [0.25, 0.3) is 0 Å². The van der Waals surface area contributed by atoms with Gasteiger partial charge >= 0.3 is 0 Å². The first-order valence-corrected chi connectivity index (χ1v) is 9.02. The highest BCUT2D eigenvalue weighted by atomic mass is 127. The molecule has 0 atom stereocenters. The van der Waals surface area contributed by atoms with Gasteiger partial charge in [-0.2, -0.15) is 0 Å². The summed E-state index contributed by atoms with van der Waals surface area (Å²) in [4.78, 5) is 11.0. The third-order valence-electron chi connectivity index (χ3n) is 3.70. The number of halogens is 1. The summed E-state index contributed by atoms with van der Waals surface area (Å²) in [6.45, 7) is 5.75. The van der Waals surface area contributed by atoms with Gasteiger partial charge in [0.25, 0.3) is 0 Å². The van der Waals surface area contributed by atoms with Gasteiger partial charge in [-0.3, -0.25) is 4.99 Å². The molecule has 5 nitrogen and oxygen atoms in total. The van der Waals surface area contributed by atoms with Gasteiger partial charge < -0.3 is 15.5 Å². The molecule has 0 bridgehead atoms. The maximum atomic E-state index is 4.63. The topological polar surface area (TPSA) is 52.6 Å². The lowest BCUT2D eigenvalue weighted by Crippen LogP contribution is -2.36. The summed E-state index contributed by atoms with van der Waals surface area (Å²) in [6, 6.07) is 8.50. The highest BCUT2D eigenvalue weighted by molar-refractivity contribution is 14.0. The summed E-state index contributed by atoms with van der Waals surface area (Å²) in [5.74, 6) is 1.26. The van der Waals surface area contributed by atoms with Gasteiger partial charge in [0.15, 0.2) is 5.96 Å². The molecule has 2 aromatic rings. The van der Waals surface area contributed by atoms with Gasteiger partial charge in [0.05, 0.1) is 12.2 Å². The molecule has 2 N–H and O–H groups in total. The van der Waals surface area contributed by atoms with Crippen LogP contribution in [-0.2, 0) is 13.1 Å². The second-order valence-corrected chi connectivity index (χ2v) is 7.10. The zero-order valence-electron chi connectivity index (χ0n) is 15.5. The quantitative estimate of drug-likeness (QED) is 0.381. The number of hydrogen-bond acceptors (Lipinski definition) is 4. The summed E-state index contributed by atoms with van der Waals surface area (Å²) in [5, 5.41) is 9.86. The molecular weight excluding hydrogens is 445 g/mol. The predicted molar refractivity (Wildman–Crippen MR) is 119 cm³/mol. The van der Waals surface area contributed by atoms with E-state index in [0.717, 1.165) is 23.2 Å². The fourth-order valence-electron chi connectivity index (χ4n) is 2.15. The molecule has 0 saturated heterocycles. The zero-order valence-corrected chi connectivity index (χ0v) is 18.7. The van der Waals surface area contributed by atoms with Crippen molar-refractivity contribution in [2.45, 2.75) is 32.9 Å². The molecule has 7 heteroatoms. The molecule has 0 aliphatic carbocycles. The Hall–Kier alpha value is -1.35. The number of rotatable bonds is 6. The number of benzene rings is 1. The molecule has 1 heterocycles. The van der Waals surface area contributed by atoms with Crippen molar-refractivity contribution in [3.63, 3.8) is 0 Å². The number of hydrogen-bond donors (Lipinski definition) is 2. The Kier molecular flexibility index (Phi) is 9.20. The highest BCUT2D eigenvalue weighted by Crippen LogP contribution is 2.17. The van der Waals surface area contributed by atoms with Crippen LogP contribution in [0.1, 0.15) is 36.0 Å². The molecule has 0 fully saturated rings. The Morgan fingerprint density at radius 2 is 1.80 bits per heavy atom. The largest absolute Gasteiger partial charge is 0.378 e. The van der Waals surface area contributed by atoms with Gasteiger partial charge in [0.2, 0.25) is 0 Å². The van der Waals surface area contributed by atoms with Crippen molar-refractivity contribution in [2.24, 2.45) is 4.99 Å². The third kappa shape index (κ3) is 6.81. The number of aromatic nitrogens is 1. The molecule has 1 aromatic carbocycles. The first-order chi connectivity index (χ1) is 11.5. The summed E-state index contributed by atoms with van der Waals surface area (Å²) in [6.07, 6.45) is 0. The first-order valence-electron chi connectivity index (χ1n) is 8.14. The average molecular weight is 473 g/mol. The van der Waals surface area contributed by atoms with E-state index in [4.69, 9.17) is 0 Å². The van der Waals surface area contributed by atoms with Crippen molar-refractivity contribution >= 4 is 47.0 Å². The van der Waals surface area contributed by atoms with Gasteiger partial charge in [0, 0.05) is 38.8 Å². The highest BCUT2D eigenvalue weighted by Gasteiger charge is 2.06. The Balaban J connectivity index is 0.00000312. The van der Waals surface area contributed by atoms with Gasteiger partial charge in [0.1, 0.15) is 5.01 Å². The number of guanidine groups is 1. The lowest BCUT2D eigenvalue weighted by Gasteiger charge is -2.14. The molecule has 0 aliphatic heterocycles. The van der Waals surface area contributed by atoms with Crippen LogP contribution in [0, 0.1) is 0 Å². The lowest BCUT2D eigenvalue weighted by atomic mass is 10.2. The SMILES string of the molecule is CN=C(NCc1ccc(N(C)C)cc1)NCc1nc(C(C)C)cs1.I. The summed E-state index contributed by atoms with van der Waals surface area (Å²) >= 11 is 1.69. The van der Waals surface area contributed by atoms with Crippen LogP contribution in [0.3, 0.4) is 0 Å². The number of thiazole rings is 1. The molecule has 1 aromatic heterocycles. The van der Waals surface area contributed by atoms with Crippen molar-refractivity contribution in [1.29, 1.82) is 0 Å². The summed E-state index contributed by atoms with van der Waals surface area (Å²) < 4.78 is 0. The minimum atomic E-state index is 0. The standard InChI is InChI=1S/C18H27N5S.HI/c1-13(2)16-12-24-17(22-16)11-21-18(19-3)20-10-14-6-8-15(9-7-14)23(4)5;/h6-9,12-13H,10-11H2,1-5H3,(H2,19,20,21);1H. The molecule has 138 valence electrons. The molecule has 0 saturated carbocycles. The Bertz CT molecular complexity index is 664. The van der Waals surface area contributed by atoms with Crippen LogP contribution in [0.2, 0.25) is 0 Å². The van der Waals surface area contributed by atoms with Crippen molar-refractivity contribution in [3.8, 4) is 0 Å². The minimum absolute atomic E-state index is 0. The normalized spacial score (nSPS) is 11.2. The average Bonchev–Trinajstić information content (AvgIpc) is 3.04. The van der Waals surface area contributed by atoms with E-state index in [2.05, 4.69) is 69.0 Å². The monoisotopic (exact) mass is 473 g/mol. The first kappa shape index (κ1) is 21.7. The molecule has 0 aliphatic rings. The van der Waals surface area contributed by atoms with E-state index in [1.807, 2.05) is 14.1 Å². The summed E-state index contributed by atoms with van der Waals surface area (Å²) in [7, 11) is 5.87. The summed E-state index contributed by atoms with van der Waals surface area (Å²) in [5.41, 5.74) is 3.58. The Morgan fingerprint density at radius 3 is 2.32 bits per heavy atom. The van der Waals surface area contributed by atoms with Crippen LogP contribution in [0.15, 0.2) is 34.6 Å². The van der Waals surface area contributed by atoms with Crippen LogP contribution in [0.5, 0.6) is 0 Å². The van der Waals surface area contributed by atoms with Crippen LogP contribution >= 0.6 is 35.3 Å². The molecule has 2 rings (SSSR count). The fourth-order valence-corrected chi connectivity index (χ4v) is 3.04. The second kappa shape index (κ2) is 10.6. The van der Waals surface area contributed by atoms with Crippen LogP contribution in [0.4, 0.5) is 5.69 Å². The predicted octanol–water partition coefficient (Wildman–Crippen LogP) is 3.82. The number of anilines is 1. The molecule has 25 heavy (non-hydrogen) atoms. The lowest BCUT2D eigenvalue weighted by molar-refractivity contribution is 0.785. The van der Waals surface area contributed by atoms with Crippen LogP contribution in [-0.4, -0.2) is 32.1 Å². The van der Waals surface area contributed by atoms with Crippen molar-refractivity contribution < 1.29 is 0 Å². The van der Waals surface area contributed by atoms with E-state index in [-0.39, 0.29) is 24.0 Å². The van der Waals surface area contributed by atoms with E-state index in [1.54, 1.807) is 18.4 Å². The van der Waals surface area contributed by atoms with E-state index >= 15 is 0 Å². The van der Waals surface area contributed by atoms with Gasteiger partial charge in [-0.1, -0.05) is 26.0 Å². The van der Waals surface area contributed by atoms with Gasteiger partial charge in [-0.15, -0.1) is 35.3 Å². The molecule has 0 radical (unpaired) electrons. The fraction of sp³-hybridized carbons (Fsp3) is 0.444. The van der Waals surface area contributed by atoms with Crippen molar-refractivity contribution in [2.75, 3.05) is 26.0 Å². The van der Waals surface area contributed by atoms with E-state index in [9.17, 15) is 0 Å². The Morgan fingerprint density at radius 1 is 1.16 bits per heavy atom. The van der Waals surface area contributed by atoms with Crippen molar-refractivity contribution in [3.05, 3.63) is 45.9 Å². The third-order valence-corrected chi connectivity index (χ3v) is 4.57. The van der Waals surface area contributed by atoms with E-state index < -0.39 is 0 Å². The number of nitrogens with zero attached hydrogens (tertiary/aromatic N) is 3. The number of nitrogens with one attached hydrogen (secondary N) is 2. The zero-order chi connectivity index (χ0) is 17.5. The maximum absolute atomic E-state index is 4.63. The van der Waals surface area contributed by atoms with Gasteiger partial charge in [-0.05, 0) is 23.6 Å². The van der Waals surface area contributed by atoms with Crippen molar-refractivity contribution in [1.82, 2.24) is 15.6 Å². The molecular formula is C18H28IN5S. The van der Waals surface area contributed by atoms with E-state index in [1.165, 1.54) is 11.3 Å². The second-order valence-electron chi connectivity index (χ2n) is 6.16. The van der Waals surface area contributed by atoms with Crippen LogP contribution < -0.4 is 15.5 Å².